The maximum absolute atomic E-state index is 12.0. The second-order valence-electron chi connectivity index (χ2n) is 4.91. The zero-order valence-corrected chi connectivity index (χ0v) is 10.4. The van der Waals surface area contributed by atoms with E-state index in [9.17, 15) is 4.79 Å². The molecule has 7 heteroatoms. The Balaban J connectivity index is 1.87. The zero-order chi connectivity index (χ0) is 13.0. The minimum atomic E-state index is -0.400. The minimum Gasteiger partial charge on any atom is -0.341 e. The first-order chi connectivity index (χ1) is 8.63. The molecule has 1 amide bonds. The third kappa shape index (κ3) is 2.83. The van der Waals surface area contributed by atoms with Crippen molar-refractivity contribution in [3.63, 3.8) is 0 Å². The van der Waals surface area contributed by atoms with Crippen LogP contribution < -0.4 is 0 Å². The fraction of sp³-hybridized carbons (Fsp3) is 0.727. The maximum Gasteiger partial charge on any atom is 0.224 e. The fourth-order valence-electron chi connectivity index (χ4n) is 2.19. The molecule has 7 nitrogen and oxygen atoms in total. The SMILES string of the molecule is C[C@]1(C#N)CCCN(C(=O)CCn2cnnn2)C1. The van der Waals surface area contributed by atoms with Crippen molar-refractivity contribution in [2.45, 2.75) is 32.7 Å². The van der Waals surface area contributed by atoms with Crippen LogP contribution in [0.1, 0.15) is 26.2 Å². The molecule has 1 saturated heterocycles. The summed E-state index contributed by atoms with van der Waals surface area (Å²) < 4.78 is 1.53. The maximum atomic E-state index is 12.0. The Morgan fingerprint density at radius 2 is 2.44 bits per heavy atom. The lowest BCUT2D eigenvalue weighted by atomic mass is 9.83. The lowest BCUT2D eigenvalue weighted by molar-refractivity contribution is -0.134. The number of aromatic nitrogens is 4. The van der Waals surface area contributed by atoms with Gasteiger partial charge in [0.05, 0.1) is 18.0 Å². The summed E-state index contributed by atoms with van der Waals surface area (Å²) in [5.74, 6) is 0.0617. The van der Waals surface area contributed by atoms with Gasteiger partial charge >= 0.3 is 0 Å². The van der Waals surface area contributed by atoms with Crippen molar-refractivity contribution < 1.29 is 4.79 Å². The number of amides is 1. The van der Waals surface area contributed by atoms with Crippen molar-refractivity contribution in [3.05, 3.63) is 6.33 Å². The van der Waals surface area contributed by atoms with E-state index in [1.807, 2.05) is 6.92 Å². The van der Waals surface area contributed by atoms with Crippen LogP contribution >= 0.6 is 0 Å². The van der Waals surface area contributed by atoms with Gasteiger partial charge in [0.15, 0.2) is 0 Å². The second kappa shape index (κ2) is 5.12. The van der Waals surface area contributed by atoms with E-state index < -0.39 is 5.41 Å². The molecule has 0 aromatic carbocycles. The highest BCUT2D eigenvalue weighted by atomic mass is 16.2. The number of likely N-dealkylation sites (tertiary alicyclic amines) is 1. The Morgan fingerprint density at radius 1 is 1.61 bits per heavy atom. The van der Waals surface area contributed by atoms with Crippen molar-refractivity contribution in [3.8, 4) is 6.07 Å². The predicted octanol–water partition coefficient (Wildman–Crippen LogP) is 0.215. The molecule has 0 aliphatic carbocycles. The number of aryl methyl sites for hydroxylation is 1. The molecule has 2 heterocycles. The number of piperidine rings is 1. The van der Waals surface area contributed by atoms with Gasteiger partial charge in [-0.25, -0.2) is 4.68 Å². The van der Waals surface area contributed by atoms with E-state index in [2.05, 4.69) is 21.6 Å². The Morgan fingerprint density at radius 3 is 3.11 bits per heavy atom. The molecule has 1 aromatic heterocycles. The van der Waals surface area contributed by atoms with Crippen LogP contribution in [0.4, 0.5) is 0 Å². The molecule has 1 atom stereocenters. The number of carbonyl (C=O) groups excluding carboxylic acids is 1. The normalized spacial score (nSPS) is 23.7. The van der Waals surface area contributed by atoms with Crippen LogP contribution in [0.25, 0.3) is 0 Å². The quantitative estimate of drug-likeness (QED) is 0.763. The number of tetrazole rings is 1. The van der Waals surface area contributed by atoms with Crippen molar-refractivity contribution in [2.24, 2.45) is 5.41 Å². The van der Waals surface area contributed by atoms with E-state index >= 15 is 0 Å². The summed E-state index contributed by atoms with van der Waals surface area (Å²) in [4.78, 5) is 13.8. The molecule has 96 valence electrons. The molecular formula is C11H16N6O. The molecule has 0 radical (unpaired) electrons. The van der Waals surface area contributed by atoms with Gasteiger partial charge in [-0.05, 0) is 30.2 Å². The van der Waals surface area contributed by atoms with Crippen LogP contribution in [-0.4, -0.2) is 44.1 Å². The van der Waals surface area contributed by atoms with Gasteiger partial charge in [-0.1, -0.05) is 0 Å². The summed E-state index contributed by atoms with van der Waals surface area (Å²) >= 11 is 0. The first-order valence-corrected chi connectivity index (χ1v) is 6.03. The lowest BCUT2D eigenvalue weighted by Crippen LogP contribution is -2.44. The Labute approximate surface area is 105 Å². The minimum absolute atomic E-state index is 0.0617. The van der Waals surface area contributed by atoms with Gasteiger partial charge < -0.3 is 4.90 Å². The predicted molar refractivity (Wildman–Crippen MR) is 62.0 cm³/mol. The topological polar surface area (TPSA) is 87.7 Å². The summed E-state index contributed by atoms with van der Waals surface area (Å²) in [6.07, 6.45) is 3.61. The molecule has 1 aliphatic rings. The molecule has 0 N–H and O–H groups in total. The number of hydrogen-bond acceptors (Lipinski definition) is 5. The van der Waals surface area contributed by atoms with Gasteiger partial charge in [0.1, 0.15) is 6.33 Å². The summed E-state index contributed by atoms with van der Waals surface area (Å²) in [5, 5.41) is 19.8. The largest absolute Gasteiger partial charge is 0.341 e. The highest BCUT2D eigenvalue weighted by molar-refractivity contribution is 5.76. The van der Waals surface area contributed by atoms with Crippen molar-refractivity contribution in [1.29, 1.82) is 5.26 Å². The van der Waals surface area contributed by atoms with E-state index in [1.54, 1.807) is 4.90 Å². The molecule has 1 aromatic rings. The Hall–Kier alpha value is -1.97. The van der Waals surface area contributed by atoms with E-state index in [4.69, 9.17) is 5.26 Å². The fourth-order valence-corrected chi connectivity index (χ4v) is 2.19. The van der Waals surface area contributed by atoms with Gasteiger partial charge in [-0.3, -0.25) is 4.79 Å². The number of hydrogen-bond donors (Lipinski definition) is 0. The molecule has 0 bridgehead atoms. The average molecular weight is 248 g/mol. The summed E-state index contributed by atoms with van der Waals surface area (Å²) in [6.45, 7) is 3.66. The van der Waals surface area contributed by atoms with Crippen LogP contribution in [0.2, 0.25) is 0 Å². The van der Waals surface area contributed by atoms with Crippen LogP contribution in [0.5, 0.6) is 0 Å². The molecule has 0 spiro atoms. The second-order valence-corrected chi connectivity index (χ2v) is 4.91. The smallest absolute Gasteiger partial charge is 0.224 e. The van der Waals surface area contributed by atoms with Gasteiger partial charge in [-0.2, -0.15) is 5.26 Å². The van der Waals surface area contributed by atoms with Gasteiger partial charge in [-0.15, -0.1) is 5.10 Å². The highest BCUT2D eigenvalue weighted by Gasteiger charge is 2.32. The van der Waals surface area contributed by atoms with E-state index in [1.165, 1.54) is 11.0 Å². The molecule has 18 heavy (non-hydrogen) atoms. The number of nitriles is 1. The van der Waals surface area contributed by atoms with Crippen molar-refractivity contribution >= 4 is 5.91 Å². The molecular weight excluding hydrogens is 232 g/mol. The Bertz CT molecular complexity index is 451. The standard InChI is InChI=1S/C11H16N6O/c1-11(7-12)4-2-5-16(8-11)10(18)3-6-17-9-13-14-15-17/h9H,2-6,8H2,1H3/t11-/m1/s1. The lowest BCUT2D eigenvalue weighted by Gasteiger charge is -2.36. The third-order valence-electron chi connectivity index (χ3n) is 3.27. The number of carbonyl (C=O) groups is 1. The van der Waals surface area contributed by atoms with E-state index in [-0.39, 0.29) is 5.91 Å². The Kier molecular flexibility index (Phi) is 3.55. The van der Waals surface area contributed by atoms with Gasteiger partial charge in [0.2, 0.25) is 5.91 Å². The molecule has 0 unspecified atom stereocenters. The van der Waals surface area contributed by atoms with Gasteiger partial charge in [0, 0.05) is 19.5 Å². The molecule has 2 rings (SSSR count). The zero-order valence-electron chi connectivity index (χ0n) is 10.4. The third-order valence-corrected chi connectivity index (χ3v) is 3.27. The molecule has 1 aliphatic heterocycles. The van der Waals surface area contributed by atoms with Crippen LogP contribution in [0.15, 0.2) is 6.33 Å². The van der Waals surface area contributed by atoms with E-state index in [0.717, 1.165) is 19.4 Å². The van der Waals surface area contributed by atoms with Crippen LogP contribution in [0.3, 0.4) is 0 Å². The monoisotopic (exact) mass is 248 g/mol. The van der Waals surface area contributed by atoms with Gasteiger partial charge in [0.25, 0.3) is 0 Å². The van der Waals surface area contributed by atoms with Crippen molar-refractivity contribution in [1.82, 2.24) is 25.1 Å². The van der Waals surface area contributed by atoms with Crippen LogP contribution in [-0.2, 0) is 11.3 Å². The first-order valence-electron chi connectivity index (χ1n) is 6.03. The number of nitrogens with zero attached hydrogens (tertiary/aromatic N) is 6. The van der Waals surface area contributed by atoms with E-state index in [0.29, 0.717) is 19.5 Å². The highest BCUT2D eigenvalue weighted by Crippen LogP contribution is 2.28. The molecule has 0 saturated carbocycles. The first kappa shape index (κ1) is 12.5. The van der Waals surface area contributed by atoms with Crippen molar-refractivity contribution in [2.75, 3.05) is 13.1 Å². The average Bonchev–Trinajstić information content (AvgIpc) is 2.89. The summed E-state index contributed by atoms with van der Waals surface area (Å²) in [6, 6.07) is 2.30. The summed E-state index contributed by atoms with van der Waals surface area (Å²) in [5.41, 5.74) is -0.400. The summed E-state index contributed by atoms with van der Waals surface area (Å²) in [7, 11) is 0. The van der Waals surface area contributed by atoms with Crippen LogP contribution in [0, 0.1) is 16.7 Å². The molecule has 1 fully saturated rings. The number of rotatable bonds is 3.